The van der Waals surface area contributed by atoms with Gasteiger partial charge in [-0.05, 0) is 89.3 Å². The Morgan fingerprint density at radius 3 is 2.49 bits per heavy atom. The van der Waals surface area contributed by atoms with E-state index in [1.807, 2.05) is 6.20 Å². The number of unbranched alkanes of at least 4 members (excludes halogenated alkanes) is 1. The van der Waals surface area contributed by atoms with E-state index in [2.05, 4.69) is 20.0 Å². The van der Waals surface area contributed by atoms with E-state index in [1.165, 1.54) is 19.3 Å². The first-order valence-corrected chi connectivity index (χ1v) is 19.1. The smallest absolute Gasteiger partial charge is 0.173 e. The van der Waals surface area contributed by atoms with E-state index in [0.717, 1.165) is 91.0 Å². The van der Waals surface area contributed by atoms with Crippen LogP contribution in [0.5, 0.6) is 0 Å². The van der Waals surface area contributed by atoms with Crippen molar-refractivity contribution in [2.75, 3.05) is 59.0 Å². The van der Waals surface area contributed by atoms with Crippen LogP contribution in [0.1, 0.15) is 77.0 Å². The van der Waals surface area contributed by atoms with Gasteiger partial charge in [-0.15, -0.1) is 0 Å². The minimum atomic E-state index is -1.24. The van der Waals surface area contributed by atoms with Gasteiger partial charge in [0, 0.05) is 56.6 Å². The quantitative estimate of drug-likeness (QED) is 0.282. The number of nitrogens with one attached hydrogen (secondary N) is 1. The molecule has 0 spiro atoms. The molecule has 0 aromatic carbocycles. The first-order chi connectivity index (χ1) is 23.0. The average Bonchev–Trinajstić information content (AvgIpc) is 3.71. The fraction of sp³-hybridized carbons (Fsp3) is 0.865. The SMILES string of the molecule is O=C(CCCCN1CCOCC1)C1=CN2C3CC4C(CC3OC3C(NCCN5CCCC5)C(F)CC(C1=O)C32)C(=O)C1CCCCC14. The van der Waals surface area contributed by atoms with Gasteiger partial charge in [-0.3, -0.25) is 19.3 Å². The second kappa shape index (κ2) is 13.9. The van der Waals surface area contributed by atoms with Crippen molar-refractivity contribution in [3.63, 3.8) is 0 Å². The molecule has 0 radical (unpaired) electrons. The lowest BCUT2D eigenvalue weighted by molar-refractivity contribution is -0.206. The molecule has 11 unspecified atom stereocenters. The van der Waals surface area contributed by atoms with Crippen LogP contribution in [0.25, 0.3) is 0 Å². The van der Waals surface area contributed by atoms with Crippen LogP contribution in [0.2, 0.25) is 0 Å². The van der Waals surface area contributed by atoms with Crippen LogP contribution in [0.3, 0.4) is 0 Å². The molecule has 0 aromatic rings. The summed E-state index contributed by atoms with van der Waals surface area (Å²) in [5.74, 6) is 0.537. The number of hydrogen-bond donors (Lipinski definition) is 1. The van der Waals surface area contributed by atoms with Crippen molar-refractivity contribution in [2.45, 2.75) is 114 Å². The summed E-state index contributed by atoms with van der Waals surface area (Å²) in [4.78, 5) is 48.6. The minimum Gasteiger partial charge on any atom is -0.379 e. The lowest BCUT2D eigenvalue weighted by Crippen LogP contribution is -2.73. The molecule has 8 rings (SSSR count). The number of rotatable bonds is 10. The molecule has 8 aliphatic rings. The third-order valence-corrected chi connectivity index (χ3v) is 13.5. The Morgan fingerprint density at radius 2 is 1.66 bits per heavy atom. The molecule has 4 aliphatic heterocycles. The highest BCUT2D eigenvalue weighted by Crippen LogP contribution is 2.56. The molecule has 4 saturated carbocycles. The van der Waals surface area contributed by atoms with Gasteiger partial charge in [-0.2, -0.15) is 0 Å². The molecule has 11 atom stereocenters. The number of morpholine rings is 2. The third kappa shape index (κ3) is 6.17. The number of carbonyl (C=O) groups excluding carboxylic acids is 3. The maximum Gasteiger partial charge on any atom is 0.173 e. The summed E-state index contributed by atoms with van der Waals surface area (Å²) in [5, 5.41) is 3.54. The summed E-state index contributed by atoms with van der Waals surface area (Å²) in [6.45, 7) is 8.04. The van der Waals surface area contributed by atoms with Crippen LogP contribution < -0.4 is 5.32 Å². The number of nitrogens with zero attached hydrogens (tertiary/aromatic N) is 3. The Balaban J connectivity index is 1.03. The average molecular weight is 655 g/mol. The third-order valence-electron chi connectivity index (χ3n) is 13.5. The Bertz CT molecular complexity index is 1220. The fourth-order valence-electron chi connectivity index (χ4n) is 11.2. The Hall–Kier alpha value is -1.72. The molecular weight excluding hydrogens is 599 g/mol. The van der Waals surface area contributed by atoms with Crippen molar-refractivity contribution in [2.24, 2.45) is 29.6 Å². The largest absolute Gasteiger partial charge is 0.379 e. The number of halogens is 1. The van der Waals surface area contributed by atoms with Gasteiger partial charge in [-0.1, -0.05) is 12.8 Å². The van der Waals surface area contributed by atoms with Crippen molar-refractivity contribution < 1.29 is 28.2 Å². The molecule has 0 bridgehead atoms. The zero-order chi connectivity index (χ0) is 32.1. The molecule has 1 N–H and O–H groups in total. The second-order valence-electron chi connectivity index (χ2n) is 16.0. The van der Waals surface area contributed by atoms with Crippen molar-refractivity contribution in [1.29, 1.82) is 0 Å². The van der Waals surface area contributed by atoms with Crippen LogP contribution in [0, 0.1) is 29.6 Å². The number of Topliss-reactive ketones (excluding diaryl/α,β-unsaturated/α-hetero) is 3. The van der Waals surface area contributed by atoms with Gasteiger partial charge >= 0.3 is 0 Å². The number of allylic oxidation sites excluding steroid dienone is 1. The molecule has 3 saturated heterocycles. The number of hydrogen-bond acceptors (Lipinski definition) is 9. The van der Waals surface area contributed by atoms with E-state index < -0.39 is 24.2 Å². The summed E-state index contributed by atoms with van der Waals surface area (Å²) in [6.07, 6.45) is 10.5. The van der Waals surface area contributed by atoms with Crippen LogP contribution in [-0.4, -0.2) is 128 Å². The maximum absolute atomic E-state index is 16.2. The van der Waals surface area contributed by atoms with E-state index in [1.54, 1.807) is 0 Å². The first-order valence-electron chi connectivity index (χ1n) is 19.1. The standard InChI is InChI=1S/C37H55FN4O5/c38-29-19-27-34-37(33(29)39-10-14-40-12-5-6-13-40)47-32-21-26-25(23-7-1-2-8-24(23)35(26)44)20-30(32)42(34)22-28(36(27)45)31(43)9-3-4-11-41-15-17-46-18-16-41/h22-27,29-30,32-34,37,39H,1-21H2. The van der Waals surface area contributed by atoms with Crippen LogP contribution in [0.4, 0.5) is 4.39 Å². The lowest BCUT2D eigenvalue weighted by Gasteiger charge is -2.60. The summed E-state index contributed by atoms with van der Waals surface area (Å²) in [7, 11) is 0. The number of ketones is 3. The molecule has 260 valence electrons. The highest BCUT2D eigenvalue weighted by Gasteiger charge is 2.62. The summed E-state index contributed by atoms with van der Waals surface area (Å²) in [5.41, 5.74) is 0.268. The number of carbonyl (C=O) groups is 3. The molecule has 9 nitrogen and oxygen atoms in total. The normalized spacial score (nSPS) is 42.0. The topological polar surface area (TPSA) is 91.4 Å². The Kier molecular flexibility index (Phi) is 9.60. The van der Waals surface area contributed by atoms with Crippen molar-refractivity contribution in [1.82, 2.24) is 20.0 Å². The maximum atomic E-state index is 16.2. The van der Waals surface area contributed by atoms with Gasteiger partial charge in [0.1, 0.15) is 12.0 Å². The van der Waals surface area contributed by atoms with Crippen molar-refractivity contribution in [3.05, 3.63) is 11.8 Å². The summed E-state index contributed by atoms with van der Waals surface area (Å²) < 4.78 is 28.6. The van der Waals surface area contributed by atoms with E-state index in [0.29, 0.717) is 37.0 Å². The van der Waals surface area contributed by atoms with Gasteiger partial charge in [0.15, 0.2) is 11.6 Å². The molecule has 7 fully saturated rings. The predicted molar refractivity (Wildman–Crippen MR) is 174 cm³/mol. The van der Waals surface area contributed by atoms with Gasteiger partial charge in [0.25, 0.3) is 0 Å². The summed E-state index contributed by atoms with van der Waals surface area (Å²) >= 11 is 0. The van der Waals surface area contributed by atoms with Crippen molar-refractivity contribution in [3.8, 4) is 0 Å². The zero-order valence-corrected chi connectivity index (χ0v) is 28.0. The zero-order valence-electron chi connectivity index (χ0n) is 28.0. The number of ether oxygens (including phenoxy) is 2. The van der Waals surface area contributed by atoms with E-state index >= 15 is 4.39 Å². The van der Waals surface area contributed by atoms with Gasteiger partial charge in [0.05, 0.1) is 49.1 Å². The monoisotopic (exact) mass is 654 g/mol. The van der Waals surface area contributed by atoms with Gasteiger partial charge in [0.2, 0.25) is 0 Å². The van der Waals surface area contributed by atoms with Crippen LogP contribution >= 0.6 is 0 Å². The van der Waals surface area contributed by atoms with Crippen LogP contribution in [-0.2, 0) is 23.9 Å². The van der Waals surface area contributed by atoms with Crippen LogP contribution in [0.15, 0.2) is 11.8 Å². The second-order valence-corrected chi connectivity index (χ2v) is 16.0. The number of likely N-dealkylation sites (tertiary alicyclic amines) is 1. The van der Waals surface area contributed by atoms with E-state index in [4.69, 9.17) is 9.47 Å². The minimum absolute atomic E-state index is 0.00658. The molecule has 4 aliphatic carbocycles. The predicted octanol–water partition coefficient (Wildman–Crippen LogP) is 3.16. The Labute approximate surface area is 279 Å². The molecular formula is C37H55FN4O5. The number of fused-ring (bicyclic) bond motifs is 5. The Morgan fingerprint density at radius 1 is 0.872 bits per heavy atom. The summed E-state index contributed by atoms with van der Waals surface area (Å²) in [6, 6.07) is -0.790. The molecule has 4 heterocycles. The fourth-order valence-corrected chi connectivity index (χ4v) is 11.2. The first kappa shape index (κ1) is 32.5. The van der Waals surface area contributed by atoms with E-state index in [-0.39, 0.29) is 53.6 Å². The number of alkyl halides is 1. The molecule has 0 aromatic heterocycles. The highest BCUT2D eigenvalue weighted by molar-refractivity contribution is 6.21. The molecule has 0 amide bonds. The lowest BCUT2D eigenvalue weighted by atomic mass is 9.66. The molecule has 47 heavy (non-hydrogen) atoms. The molecule has 10 heteroatoms. The van der Waals surface area contributed by atoms with Gasteiger partial charge < -0.3 is 24.6 Å². The van der Waals surface area contributed by atoms with Gasteiger partial charge in [-0.25, -0.2) is 4.39 Å². The highest BCUT2D eigenvalue weighted by atomic mass is 19.1. The van der Waals surface area contributed by atoms with E-state index in [9.17, 15) is 14.4 Å². The van der Waals surface area contributed by atoms with Crippen molar-refractivity contribution >= 4 is 17.3 Å².